The topological polar surface area (TPSA) is 23.6 Å². The van der Waals surface area contributed by atoms with E-state index in [1.807, 2.05) is 0 Å². The molecule has 0 radical (unpaired) electrons. The Morgan fingerprint density at radius 2 is 2.00 bits per heavy atom. The van der Waals surface area contributed by atoms with E-state index in [4.69, 9.17) is 0 Å². The molecule has 0 spiro atoms. The number of nitrogens with zero attached hydrogens (tertiary/aromatic N) is 2. The number of carbonyl (C=O) groups excluding carboxylic acids is 1. The van der Waals surface area contributed by atoms with E-state index in [9.17, 15) is 4.79 Å². The molecule has 0 bridgehead atoms. The van der Waals surface area contributed by atoms with Gasteiger partial charge in [-0.2, -0.15) is 0 Å². The van der Waals surface area contributed by atoms with Crippen molar-refractivity contribution in [3.05, 3.63) is 12.2 Å². The van der Waals surface area contributed by atoms with Crippen LogP contribution in [0.25, 0.3) is 0 Å². The van der Waals surface area contributed by atoms with E-state index in [-0.39, 0.29) is 5.91 Å². The Morgan fingerprint density at radius 1 is 1.17 bits per heavy atom. The third-order valence-electron chi connectivity index (χ3n) is 5.59. The Balaban J connectivity index is 1.68. The number of hydrogen-bond donors (Lipinski definition) is 0. The van der Waals surface area contributed by atoms with Gasteiger partial charge in [-0.05, 0) is 63.1 Å². The number of hydrogen-bond acceptors (Lipinski definition) is 2. The van der Waals surface area contributed by atoms with Gasteiger partial charge >= 0.3 is 0 Å². The number of carbonyl (C=O) groups is 1. The van der Waals surface area contributed by atoms with Crippen molar-refractivity contribution in [1.82, 2.24) is 9.80 Å². The highest BCUT2D eigenvalue weighted by Gasteiger charge is 2.49. The van der Waals surface area contributed by atoms with Gasteiger partial charge in [-0.25, -0.2) is 0 Å². The van der Waals surface area contributed by atoms with Gasteiger partial charge in [-0.1, -0.05) is 6.08 Å². The molecule has 1 amide bonds. The first-order valence-corrected chi connectivity index (χ1v) is 7.56. The zero-order valence-electron chi connectivity index (χ0n) is 10.9. The minimum absolute atomic E-state index is 0.271. The average molecular weight is 246 g/mol. The van der Waals surface area contributed by atoms with Crippen molar-refractivity contribution >= 4 is 5.91 Å². The van der Waals surface area contributed by atoms with Crippen molar-refractivity contribution in [2.75, 3.05) is 19.6 Å². The van der Waals surface area contributed by atoms with Crippen LogP contribution >= 0.6 is 0 Å². The molecule has 4 atom stereocenters. The van der Waals surface area contributed by atoms with E-state index in [1.54, 1.807) is 6.08 Å². The summed E-state index contributed by atoms with van der Waals surface area (Å²) in [6.07, 6.45) is 10.3. The van der Waals surface area contributed by atoms with Crippen molar-refractivity contribution in [3.63, 3.8) is 0 Å². The van der Waals surface area contributed by atoms with Gasteiger partial charge in [0.2, 0.25) is 5.91 Å². The summed E-state index contributed by atoms with van der Waals surface area (Å²) in [6.45, 7) is 3.62. The van der Waals surface area contributed by atoms with Crippen LogP contribution in [-0.2, 0) is 4.79 Å². The van der Waals surface area contributed by atoms with E-state index < -0.39 is 0 Å². The van der Waals surface area contributed by atoms with E-state index in [1.165, 1.54) is 38.8 Å². The Hall–Kier alpha value is -0.830. The predicted molar refractivity (Wildman–Crippen MR) is 70.1 cm³/mol. The van der Waals surface area contributed by atoms with Gasteiger partial charge in [-0.15, -0.1) is 0 Å². The lowest BCUT2D eigenvalue weighted by Crippen LogP contribution is -2.65. The number of fused-ring (bicyclic) bond motifs is 2. The third-order valence-corrected chi connectivity index (χ3v) is 5.59. The van der Waals surface area contributed by atoms with Gasteiger partial charge in [0.1, 0.15) is 0 Å². The fourth-order valence-corrected chi connectivity index (χ4v) is 4.95. The van der Waals surface area contributed by atoms with E-state index in [0.717, 1.165) is 30.8 Å². The summed E-state index contributed by atoms with van der Waals surface area (Å²) < 4.78 is 0. The highest BCUT2D eigenvalue weighted by Crippen LogP contribution is 2.43. The van der Waals surface area contributed by atoms with Crippen LogP contribution in [0.4, 0.5) is 0 Å². The SMILES string of the molecule is O=C1C=CC[C@@H]2[C@@H]3CCCN4CCC[C@H](CN12)[C@H]34. The molecule has 0 aromatic carbocycles. The maximum absolute atomic E-state index is 12.1. The summed E-state index contributed by atoms with van der Waals surface area (Å²) in [6, 6.07) is 1.29. The standard InChI is InChI=1S/C15H22N2O/c18-14-7-1-6-13-12-5-3-9-16-8-2-4-11(15(12)16)10-17(13)14/h1,7,11-13,15H,2-6,8-10H2/t11-,12+,13-,15-/m1/s1. The number of amides is 1. The van der Waals surface area contributed by atoms with Crippen LogP contribution in [-0.4, -0.2) is 47.4 Å². The maximum atomic E-state index is 12.1. The van der Waals surface area contributed by atoms with Gasteiger partial charge in [0, 0.05) is 18.6 Å². The average Bonchev–Trinajstić information content (AvgIpc) is 2.41. The minimum Gasteiger partial charge on any atom is -0.335 e. The maximum Gasteiger partial charge on any atom is 0.246 e. The molecule has 0 aromatic heterocycles. The predicted octanol–water partition coefficient (Wildman–Crippen LogP) is 1.65. The molecule has 0 unspecified atom stereocenters. The zero-order chi connectivity index (χ0) is 12.1. The summed E-state index contributed by atoms with van der Waals surface area (Å²) in [5.41, 5.74) is 0. The summed E-state index contributed by atoms with van der Waals surface area (Å²) in [5.74, 6) is 1.76. The molecular weight excluding hydrogens is 224 g/mol. The van der Waals surface area contributed by atoms with Crippen molar-refractivity contribution in [3.8, 4) is 0 Å². The third kappa shape index (κ3) is 1.49. The first kappa shape index (κ1) is 11.0. The second kappa shape index (κ2) is 4.09. The van der Waals surface area contributed by atoms with Gasteiger partial charge in [0.25, 0.3) is 0 Å². The van der Waals surface area contributed by atoms with Crippen molar-refractivity contribution < 1.29 is 4.79 Å². The largest absolute Gasteiger partial charge is 0.335 e. The molecule has 0 aliphatic carbocycles. The molecule has 4 rings (SSSR count). The van der Waals surface area contributed by atoms with E-state index in [0.29, 0.717) is 6.04 Å². The molecule has 3 heteroatoms. The van der Waals surface area contributed by atoms with Crippen LogP contribution in [0.1, 0.15) is 32.1 Å². The van der Waals surface area contributed by atoms with Crippen LogP contribution < -0.4 is 0 Å². The van der Waals surface area contributed by atoms with Crippen LogP contribution in [0.5, 0.6) is 0 Å². The van der Waals surface area contributed by atoms with Crippen LogP contribution in [0.2, 0.25) is 0 Å². The van der Waals surface area contributed by atoms with E-state index >= 15 is 0 Å². The molecule has 4 heterocycles. The highest BCUT2D eigenvalue weighted by atomic mass is 16.2. The Labute approximate surface area is 109 Å². The fraction of sp³-hybridized carbons (Fsp3) is 0.800. The molecule has 4 aliphatic rings. The summed E-state index contributed by atoms with van der Waals surface area (Å²) in [4.78, 5) is 17.0. The molecule has 0 aromatic rings. The Kier molecular flexibility index (Phi) is 2.51. The molecule has 3 nitrogen and oxygen atoms in total. The number of piperidine rings is 3. The van der Waals surface area contributed by atoms with Crippen LogP contribution in [0, 0.1) is 11.8 Å². The monoisotopic (exact) mass is 246 g/mol. The lowest BCUT2D eigenvalue weighted by atomic mass is 9.68. The molecule has 98 valence electrons. The Bertz CT molecular complexity index is 390. The lowest BCUT2D eigenvalue weighted by Gasteiger charge is -2.57. The molecule has 3 saturated heterocycles. The molecule has 0 N–H and O–H groups in total. The lowest BCUT2D eigenvalue weighted by molar-refractivity contribution is -0.141. The van der Waals surface area contributed by atoms with Crippen LogP contribution in [0.3, 0.4) is 0 Å². The van der Waals surface area contributed by atoms with E-state index in [2.05, 4.69) is 15.9 Å². The summed E-state index contributed by atoms with van der Waals surface area (Å²) >= 11 is 0. The quantitative estimate of drug-likeness (QED) is 0.649. The summed E-state index contributed by atoms with van der Waals surface area (Å²) in [5, 5.41) is 0. The minimum atomic E-state index is 0.271. The van der Waals surface area contributed by atoms with Gasteiger partial charge in [0.05, 0.1) is 0 Å². The van der Waals surface area contributed by atoms with Gasteiger partial charge in [0.15, 0.2) is 0 Å². The van der Waals surface area contributed by atoms with Crippen molar-refractivity contribution in [2.24, 2.45) is 11.8 Å². The fourth-order valence-electron chi connectivity index (χ4n) is 4.95. The molecule has 18 heavy (non-hydrogen) atoms. The number of rotatable bonds is 0. The first-order chi connectivity index (χ1) is 8.84. The molecule has 3 fully saturated rings. The van der Waals surface area contributed by atoms with Crippen molar-refractivity contribution in [2.45, 2.75) is 44.2 Å². The first-order valence-electron chi connectivity index (χ1n) is 7.56. The zero-order valence-corrected chi connectivity index (χ0v) is 10.9. The second-order valence-corrected chi connectivity index (χ2v) is 6.43. The van der Waals surface area contributed by atoms with Crippen molar-refractivity contribution in [1.29, 1.82) is 0 Å². The van der Waals surface area contributed by atoms with Gasteiger partial charge < -0.3 is 4.90 Å². The highest BCUT2D eigenvalue weighted by molar-refractivity contribution is 5.88. The smallest absolute Gasteiger partial charge is 0.246 e. The molecule has 4 aliphatic heterocycles. The summed E-state index contributed by atoms with van der Waals surface area (Å²) in [7, 11) is 0. The second-order valence-electron chi connectivity index (χ2n) is 6.43. The van der Waals surface area contributed by atoms with Gasteiger partial charge in [-0.3, -0.25) is 9.69 Å². The molecule has 0 saturated carbocycles. The molecular formula is C15H22N2O. The Morgan fingerprint density at radius 3 is 2.89 bits per heavy atom. The normalized spacial score (nSPS) is 43.6. The van der Waals surface area contributed by atoms with Crippen LogP contribution in [0.15, 0.2) is 12.2 Å².